The number of H-pyrrole nitrogens is 1. The van der Waals surface area contributed by atoms with Crippen LogP contribution in [-0.2, 0) is 5.60 Å². The average Bonchev–Trinajstić information content (AvgIpc) is 2.99. The summed E-state index contributed by atoms with van der Waals surface area (Å²) >= 11 is 5.80. The molecule has 2 N–H and O–H groups in total. The summed E-state index contributed by atoms with van der Waals surface area (Å²) in [5.41, 5.74) is 0.791. The van der Waals surface area contributed by atoms with Gasteiger partial charge in [0.15, 0.2) is 5.82 Å². The number of rotatable bonds is 2. The molecular formula is C17H16ClFN4O. The topological polar surface area (TPSA) is 65.0 Å². The number of hydrogen-bond donors (Lipinski definition) is 2. The molecule has 0 spiro atoms. The number of halogens is 2. The van der Waals surface area contributed by atoms with E-state index >= 15 is 0 Å². The fraction of sp³-hybridized carbons (Fsp3) is 0.294. The Labute approximate surface area is 143 Å². The molecular weight excluding hydrogens is 331 g/mol. The number of benzene rings is 1. The van der Waals surface area contributed by atoms with Crippen molar-refractivity contribution >= 4 is 28.5 Å². The van der Waals surface area contributed by atoms with Crippen LogP contribution in [0.15, 0.2) is 36.5 Å². The zero-order chi connectivity index (χ0) is 16.7. The molecule has 0 radical (unpaired) electrons. The standard InChI is InChI=1S/C17H16ClFN4O/c18-11-3-4-12(13(19)10-11)17(24)5-8-23(9-6-17)16-15-14(21-22-16)2-1-7-20-15/h1-4,7,10,24H,5-6,8-9H2,(H,21,22). The molecule has 2 aromatic heterocycles. The van der Waals surface area contributed by atoms with E-state index in [2.05, 4.69) is 20.1 Å². The molecule has 1 aliphatic rings. The average molecular weight is 347 g/mol. The summed E-state index contributed by atoms with van der Waals surface area (Å²) in [4.78, 5) is 6.43. The van der Waals surface area contributed by atoms with Crippen molar-refractivity contribution in [3.63, 3.8) is 0 Å². The Hall–Kier alpha value is -2.18. The molecule has 0 unspecified atom stereocenters. The van der Waals surface area contributed by atoms with E-state index in [9.17, 15) is 9.50 Å². The summed E-state index contributed by atoms with van der Waals surface area (Å²) < 4.78 is 14.2. The van der Waals surface area contributed by atoms with Gasteiger partial charge in [0, 0.05) is 29.9 Å². The van der Waals surface area contributed by atoms with Crippen molar-refractivity contribution < 1.29 is 9.50 Å². The second-order valence-electron chi connectivity index (χ2n) is 6.09. The SMILES string of the molecule is OC1(c2ccc(Cl)cc2F)CCN(c2n[nH]c3cccnc23)CC1. The second kappa shape index (κ2) is 5.72. The van der Waals surface area contributed by atoms with Gasteiger partial charge in [-0.3, -0.25) is 10.1 Å². The van der Waals surface area contributed by atoms with Crippen LogP contribution in [-0.4, -0.2) is 33.4 Å². The number of hydrogen-bond acceptors (Lipinski definition) is 4. The summed E-state index contributed by atoms with van der Waals surface area (Å²) in [5.74, 6) is 0.301. The highest BCUT2D eigenvalue weighted by Crippen LogP contribution is 2.37. The molecule has 1 aliphatic heterocycles. The minimum Gasteiger partial charge on any atom is -0.385 e. The van der Waals surface area contributed by atoms with Gasteiger partial charge < -0.3 is 10.0 Å². The van der Waals surface area contributed by atoms with Crippen molar-refractivity contribution in [2.45, 2.75) is 18.4 Å². The molecule has 7 heteroatoms. The van der Waals surface area contributed by atoms with Gasteiger partial charge in [-0.15, -0.1) is 0 Å². The molecule has 4 rings (SSSR count). The second-order valence-corrected chi connectivity index (χ2v) is 6.53. The summed E-state index contributed by atoms with van der Waals surface area (Å²) in [6, 6.07) is 8.19. The Morgan fingerprint density at radius 1 is 1.25 bits per heavy atom. The minimum absolute atomic E-state index is 0.302. The fourth-order valence-electron chi connectivity index (χ4n) is 3.28. The molecule has 1 fully saturated rings. The van der Waals surface area contributed by atoms with Crippen molar-refractivity contribution in [2.24, 2.45) is 0 Å². The summed E-state index contributed by atoms with van der Waals surface area (Å²) in [6.45, 7) is 1.13. The molecule has 0 atom stereocenters. The summed E-state index contributed by atoms with van der Waals surface area (Å²) in [7, 11) is 0. The first-order valence-electron chi connectivity index (χ1n) is 7.79. The highest BCUT2D eigenvalue weighted by Gasteiger charge is 2.37. The van der Waals surface area contributed by atoms with Crippen LogP contribution >= 0.6 is 11.6 Å². The molecule has 24 heavy (non-hydrogen) atoms. The van der Waals surface area contributed by atoms with Crippen LogP contribution in [0.1, 0.15) is 18.4 Å². The molecule has 0 amide bonds. The Kier molecular flexibility index (Phi) is 3.66. The van der Waals surface area contributed by atoms with E-state index in [1.54, 1.807) is 18.3 Å². The number of nitrogens with zero attached hydrogens (tertiary/aromatic N) is 3. The van der Waals surface area contributed by atoms with Gasteiger partial charge in [-0.1, -0.05) is 17.7 Å². The van der Waals surface area contributed by atoms with Gasteiger partial charge >= 0.3 is 0 Å². The van der Waals surface area contributed by atoms with Crippen LogP contribution in [0.5, 0.6) is 0 Å². The normalized spacial score (nSPS) is 17.4. The number of fused-ring (bicyclic) bond motifs is 1. The molecule has 5 nitrogen and oxygen atoms in total. The van der Waals surface area contributed by atoms with Crippen molar-refractivity contribution in [1.82, 2.24) is 15.2 Å². The van der Waals surface area contributed by atoms with Gasteiger partial charge in [-0.2, -0.15) is 5.10 Å². The van der Waals surface area contributed by atoms with E-state index < -0.39 is 11.4 Å². The Balaban J connectivity index is 1.58. The Morgan fingerprint density at radius 2 is 2.04 bits per heavy atom. The molecule has 0 aliphatic carbocycles. The van der Waals surface area contributed by atoms with Gasteiger partial charge in [0.2, 0.25) is 0 Å². The lowest BCUT2D eigenvalue weighted by Gasteiger charge is -2.38. The molecule has 3 heterocycles. The van der Waals surface area contributed by atoms with Crippen LogP contribution < -0.4 is 4.90 Å². The summed E-state index contributed by atoms with van der Waals surface area (Å²) in [5, 5.41) is 18.5. The molecule has 3 aromatic rings. The monoisotopic (exact) mass is 346 g/mol. The number of piperidine rings is 1. The number of nitrogens with one attached hydrogen (secondary N) is 1. The molecule has 0 bridgehead atoms. The highest BCUT2D eigenvalue weighted by molar-refractivity contribution is 6.30. The smallest absolute Gasteiger partial charge is 0.177 e. The maximum atomic E-state index is 14.2. The molecule has 0 saturated carbocycles. The maximum absolute atomic E-state index is 14.2. The van der Waals surface area contributed by atoms with Gasteiger partial charge in [-0.05, 0) is 37.1 Å². The zero-order valence-corrected chi connectivity index (χ0v) is 13.6. The molecule has 124 valence electrons. The van der Waals surface area contributed by atoms with E-state index in [1.807, 2.05) is 12.1 Å². The fourth-order valence-corrected chi connectivity index (χ4v) is 3.44. The van der Waals surface area contributed by atoms with Crippen molar-refractivity contribution in [3.05, 3.63) is 52.9 Å². The molecule has 1 saturated heterocycles. The number of pyridine rings is 1. The van der Waals surface area contributed by atoms with E-state index in [0.29, 0.717) is 36.5 Å². The third kappa shape index (κ3) is 2.52. The Morgan fingerprint density at radius 3 is 2.79 bits per heavy atom. The largest absolute Gasteiger partial charge is 0.385 e. The summed E-state index contributed by atoms with van der Waals surface area (Å²) in [6.07, 6.45) is 2.55. The first-order valence-corrected chi connectivity index (χ1v) is 8.17. The highest BCUT2D eigenvalue weighted by atomic mass is 35.5. The number of aromatic nitrogens is 3. The van der Waals surface area contributed by atoms with Crippen LogP contribution in [0.3, 0.4) is 0 Å². The van der Waals surface area contributed by atoms with Crippen LogP contribution in [0, 0.1) is 5.82 Å². The number of aliphatic hydroxyl groups is 1. The minimum atomic E-state index is -1.19. The van der Waals surface area contributed by atoms with E-state index in [0.717, 1.165) is 16.9 Å². The number of anilines is 1. The van der Waals surface area contributed by atoms with Gasteiger partial charge in [0.05, 0.1) is 11.1 Å². The third-order valence-electron chi connectivity index (χ3n) is 4.62. The van der Waals surface area contributed by atoms with Gasteiger partial charge in [-0.25, -0.2) is 4.39 Å². The third-order valence-corrected chi connectivity index (χ3v) is 4.86. The maximum Gasteiger partial charge on any atom is 0.177 e. The van der Waals surface area contributed by atoms with Crippen molar-refractivity contribution in [2.75, 3.05) is 18.0 Å². The first-order chi connectivity index (χ1) is 11.6. The zero-order valence-electron chi connectivity index (χ0n) is 12.8. The predicted molar refractivity (Wildman–Crippen MR) is 90.6 cm³/mol. The predicted octanol–water partition coefficient (Wildman–Crippen LogP) is 3.24. The van der Waals surface area contributed by atoms with Crippen LogP contribution in [0.2, 0.25) is 5.02 Å². The van der Waals surface area contributed by atoms with Crippen molar-refractivity contribution in [3.8, 4) is 0 Å². The van der Waals surface area contributed by atoms with E-state index in [4.69, 9.17) is 11.6 Å². The lowest BCUT2D eigenvalue weighted by Crippen LogP contribution is -2.43. The quantitative estimate of drug-likeness (QED) is 0.747. The van der Waals surface area contributed by atoms with Gasteiger partial charge in [0.1, 0.15) is 11.3 Å². The number of aromatic amines is 1. The van der Waals surface area contributed by atoms with E-state index in [-0.39, 0.29) is 0 Å². The first kappa shape index (κ1) is 15.4. The van der Waals surface area contributed by atoms with Gasteiger partial charge in [0.25, 0.3) is 0 Å². The van der Waals surface area contributed by atoms with Crippen LogP contribution in [0.25, 0.3) is 11.0 Å². The van der Waals surface area contributed by atoms with Crippen molar-refractivity contribution in [1.29, 1.82) is 0 Å². The lowest BCUT2D eigenvalue weighted by molar-refractivity contribution is 0.00841. The van der Waals surface area contributed by atoms with Crippen LogP contribution in [0.4, 0.5) is 10.2 Å². The lowest BCUT2D eigenvalue weighted by atomic mass is 9.84. The molecule has 1 aromatic carbocycles. The van der Waals surface area contributed by atoms with E-state index in [1.165, 1.54) is 6.07 Å². The Bertz CT molecular complexity index is 889.